The van der Waals surface area contributed by atoms with E-state index in [0.29, 0.717) is 30.8 Å². The van der Waals surface area contributed by atoms with Crippen LogP contribution >= 0.6 is 0 Å². The van der Waals surface area contributed by atoms with Crippen LogP contribution in [0.3, 0.4) is 0 Å². The molecule has 0 bridgehead atoms. The number of carbonyl (C=O) groups is 2. The third-order valence-corrected chi connectivity index (χ3v) is 5.67. The Morgan fingerprint density at radius 1 is 1.24 bits per heavy atom. The second kappa shape index (κ2) is 7.69. The maximum absolute atomic E-state index is 12.8. The molecule has 152 valence electrons. The molecule has 8 heteroatoms. The highest BCUT2D eigenvalue weighted by molar-refractivity contribution is 6.01. The maximum Gasteiger partial charge on any atom is 0.266 e. The average molecular weight is 396 g/mol. The Bertz CT molecular complexity index is 1020. The Kier molecular flexibility index (Phi) is 5.08. The normalized spacial score (nSPS) is 21.0. The van der Waals surface area contributed by atoms with Gasteiger partial charge in [-0.2, -0.15) is 5.10 Å². The van der Waals surface area contributed by atoms with Crippen molar-refractivity contribution in [3.8, 4) is 5.75 Å². The molecular weight excluding hydrogens is 372 g/mol. The largest absolute Gasteiger partial charge is 0.495 e. The molecular formula is C21H24N4O4. The molecule has 1 aromatic carbocycles. The summed E-state index contributed by atoms with van der Waals surface area (Å²) in [6.07, 6.45) is 2.24. The van der Waals surface area contributed by atoms with Crippen LogP contribution < -0.4 is 20.5 Å². The number of rotatable bonds is 4. The molecule has 2 amide bonds. The number of hydrogen-bond donors (Lipinski definition) is 1. The predicted octanol–water partition coefficient (Wildman–Crippen LogP) is 0.815. The van der Waals surface area contributed by atoms with Gasteiger partial charge in [-0.1, -0.05) is 12.1 Å². The Balaban J connectivity index is 1.42. The highest BCUT2D eigenvalue weighted by Gasteiger charge is 2.37. The van der Waals surface area contributed by atoms with Gasteiger partial charge in [-0.25, -0.2) is 4.68 Å². The van der Waals surface area contributed by atoms with E-state index >= 15 is 0 Å². The van der Waals surface area contributed by atoms with Crippen LogP contribution in [0.4, 0.5) is 5.69 Å². The molecule has 0 saturated carbocycles. The van der Waals surface area contributed by atoms with Crippen LogP contribution in [0.1, 0.15) is 24.1 Å². The zero-order valence-corrected chi connectivity index (χ0v) is 16.6. The molecule has 2 aromatic rings. The molecule has 2 unspecified atom stereocenters. The first-order chi connectivity index (χ1) is 14.0. The lowest BCUT2D eigenvalue weighted by atomic mass is 9.92. The molecule has 1 aliphatic carbocycles. The molecule has 2 heterocycles. The first-order valence-electron chi connectivity index (χ1n) is 9.76. The second-order valence-electron chi connectivity index (χ2n) is 7.60. The van der Waals surface area contributed by atoms with Crippen molar-refractivity contribution in [3.63, 3.8) is 0 Å². The van der Waals surface area contributed by atoms with Gasteiger partial charge in [-0.15, -0.1) is 0 Å². The number of aromatic nitrogens is 2. The van der Waals surface area contributed by atoms with Crippen molar-refractivity contribution in [2.75, 3.05) is 18.6 Å². The zero-order chi connectivity index (χ0) is 20.5. The third kappa shape index (κ3) is 3.74. The van der Waals surface area contributed by atoms with Crippen molar-refractivity contribution in [1.82, 2.24) is 15.1 Å². The molecule has 2 atom stereocenters. The van der Waals surface area contributed by atoms with Gasteiger partial charge < -0.3 is 15.0 Å². The number of aryl methyl sites for hydroxylation is 2. The van der Waals surface area contributed by atoms with Gasteiger partial charge in [0.1, 0.15) is 5.75 Å². The summed E-state index contributed by atoms with van der Waals surface area (Å²) in [5.74, 6) is -0.00668. The smallest absolute Gasteiger partial charge is 0.266 e. The van der Waals surface area contributed by atoms with Crippen molar-refractivity contribution in [1.29, 1.82) is 0 Å². The maximum atomic E-state index is 12.8. The SMILES string of the molecule is COc1ccccc1N1CC(C(=O)NC2CCc3nn(C)c(=O)cc3C2)CC1=O. The quantitative estimate of drug-likeness (QED) is 0.826. The Labute approximate surface area is 168 Å². The van der Waals surface area contributed by atoms with E-state index in [0.717, 1.165) is 17.7 Å². The molecule has 2 aliphatic rings. The summed E-state index contributed by atoms with van der Waals surface area (Å²) >= 11 is 0. The first kappa shape index (κ1) is 19.2. The average Bonchev–Trinajstić information content (AvgIpc) is 3.10. The third-order valence-electron chi connectivity index (χ3n) is 5.67. The highest BCUT2D eigenvalue weighted by atomic mass is 16.5. The monoisotopic (exact) mass is 396 g/mol. The van der Waals surface area contributed by atoms with E-state index in [9.17, 15) is 14.4 Å². The number of anilines is 1. The Morgan fingerprint density at radius 3 is 2.83 bits per heavy atom. The van der Waals surface area contributed by atoms with Gasteiger partial charge in [0.15, 0.2) is 0 Å². The topological polar surface area (TPSA) is 93.5 Å². The van der Waals surface area contributed by atoms with Crippen molar-refractivity contribution in [2.24, 2.45) is 13.0 Å². The first-order valence-corrected chi connectivity index (χ1v) is 9.76. The van der Waals surface area contributed by atoms with Crippen LogP contribution in [0, 0.1) is 5.92 Å². The minimum atomic E-state index is -0.407. The summed E-state index contributed by atoms with van der Waals surface area (Å²) in [4.78, 5) is 38.8. The van der Waals surface area contributed by atoms with Crippen LogP contribution in [0.25, 0.3) is 0 Å². The van der Waals surface area contributed by atoms with Gasteiger partial charge in [0.2, 0.25) is 11.8 Å². The lowest BCUT2D eigenvalue weighted by Gasteiger charge is -2.26. The van der Waals surface area contributed by atoms with Crippen LogP contribution in [-0.4, -0.2) is 41.3 Å². The van der Waals surface area contributed by atoms with Crippen molar-refractivity contribution in [2.45, 2.75) is 31.7 Å². The van der Waals surface area contributed by atoms with E-state index in [-0.39, 0.29) is 29.8 Å². The fraction of sp³-hybridized carbons (Fsp3) is 0.429. The summed E-state index contributed by atoms with van der Waals surface area (Å²) in [6, 6.07) is 8.85. The summed E-state index contributed by atoms with van der Waals surface area (Å²) < 4.78 is 6.69. The standard InChI is InChI=1S/C21H24N4O4/c1-24-19(26)10-13-9-15(7-8-16(13)23-24)22-21(28)14-11-20(27)25(12-14)17-5-3-4-6-18(17)29-2/h3-6,10,14-15H,7-9,11-12H2,1-2H3,(H,22,28). The molecule has 0 spiro atoms. The van der Waals surface area contributed by atoms with Gasteiger partial charge in [0.05, 0.1) is 24.4 Å². The van der Waals surface area contributed by atoms with Gasteiger partial charge >= 0.3 is 0 Å². The molecule has 1 saturated heterocycles. The lowest BCUT2D eigenvalue weighted by Crippen LogP contribution is -2.43. The van der Waals surface area contributed by atoms with Crippen molar-refractivity contribution < 1.29 is 14.3 Å². The number of carbonyl (C=O) groups excluding carboxylic acids is 2. The number of ether oxygens (including phenoxy) is 1. The molecule has 1 aliphatic heterocycles. The molecule has 0 radical (unpaired) electrons. The zero-order valence-electron chi connectivity index (χ0n) is 16.6. The van der Waals surface area contributed by atoms with Gasteiger partial charge in [-0.05, 0) is 37.0 Å². The van der Waals surface area contributed by atoms with E-state index in [1.807, 2.05) is 18.2 Å². The van der Waals surface area contributed by atoms with E-state index in [2.05, 4.69) is 10.4 Å². The van der Waals surface area contributed by atoms with Crippen molar-refractivity contribution in [3.05, 3.63) is 51.9 Å². The van der Waals surface area contributed by atoms with E-state index in [1.54, 1.807) is 31.2 Å². The number of benzene rings is 1. The number of nitrogens with one attached hydrogen (secondary N) is 1. The van der Waals surface area contributed by atoms with E-state index < -0.39 is 5.92 Å². The summed E-state index contributed by atoms with van der Waals surface area (Å²) in [5, 5.41) is 7.37. The molecule has 1 N–H and O–H groups in total. The number of nitrogens with zero attached hydrogens (tertiary/aromatic N) is 3. The predicted molar refractivity (Wildman–Crippen MR) is 107 cm³/mol. The highest BCUT2D eigenvalue weighted by Crippen LogP contribution is 2.33. The van der Waals surface area contributed by atoms with Crippen LogP contribution in [0.2, 0.25) is 0 Å². The van der Waals surface area contributed by atoms with Gasteiger partial charge in [-0.3, -0.25) is 14.4 Å². The van der Waals surface area contributed by atoms with Gasteiger partial charge in [0.25, 0.3) is 5.56 Å². The minimum Gasteiger partial charge on any atom is -0.495 e. The molecule has 1 fully saturated rings. The Morgan fingerprint density at radius 2 is 2.03 bits per heavy atom. The number of fused-ring (bicyclic) bond motifs is 1. The number of methoxy groups -OCH3 is 1. The van der Waals surface area contributed by atoms with Crippen LogP contribution in [0.15, 0.2) is 35.1 Å². The van der Waals surface area contributed by atoms with Crippen molar-refractivity contribution >= 4 is 17.5 Å². The number of amides is 2. The summed E-state index contributed by atoms with van der Waals surface area (Å²) in [5.41, 5.74) is 2.34. The Hall–Kier alpha value is -3.16. The fourth-order valence-corrected chi connectivity index (χ4v) is 4.10. The van der Waals surface area contributed by atoms with E-state index in [4.69, 9.17) is 4.74 Å². The fourth-order valence-electron chi connectivity index (χ4n) is 4.10. The molecule has 1 aromatic heterocycles. The summed E-state index contributed by atoms with van der Waals surface area (Å²) in [7, 11) is 3.20. The second-order valence-corrected chi connectivity index (χ2v) is 7.60. The minimum absolute atomic E-state index is 0.0562. The van der Waals surface area contributed by atoms with Crippen LogP contribution in [0.5, 0.6) is 5.75 Å². The lowest BCUT2D eigenvalue weighted by molar-refractivity contribution is -0.127. The molecule has 4 rings (SSSR count). The molecule has 8 nitrogen and oxygen atoms in total. The van der Waals surface area contributed by atoms with Crippen LogP contribution in [-0.2, 0) is 29.5 Å². The van der Waals surface area contributed by atoms with E-state index in [1.165, 1.54) is 4.68 Å². The molecule has 29 heavy (non-hydrogen) atoms. The summed E-state index contributed by atoms with van der Waals surface area (Å²) in [6.45, 7) is 0.330. The number of para-hydroxylation sites is 2. The number of hydrogen-bond acceptors (Lipinski definition) is 5. The van der Waals surface area contributed by atoms with Gasteiger partial charge in [0, 0.05) is 32.1 Å².